The number of nitrogens with one attached hydrogen (secondary N) is 11. The van der Waals surface area contributed by atoms with Crippen molar-refractivity contribution in [3.63, 3.8) is 0 Å². The van der Waals surface area contributed by atoms with Crippen LogP contribution in [0.3, 0.4) is 0 Å². The maximum absolute atomic E-state index is 13.2. The van der Waals surface area contributed by atoms with Gasteiger partial charge in [-0.25, -0.2) is 24.0 Å². The number of cyclic esters (lactones) is 6. The van der Waals surface area contributed by atoms with E-state index in [4.69, 9.17) is 52.1 Å². The third kappa shape index (κ3) is 31.4. The van der Waals surface area contributed by atoms with Crippen molar-refractivity contribution < 1.29 is 126 Å². The second kappa shape index (κ2) is 44.4. The van der Waals surface area contributed by atoms with Gasteiger partial charge < -0.3 is 146 Å². The molecule has 6 aliphatic heterocycles. The highest BCUT2D eigenvalue weighted by Crippen LogP contribution is 2.31. The van der Waals surface area contributed by atoms with Crippen LogP contribution in [0.4, 0.5) is 24.0 Å². The zero-order chi connectivity index (χ0) is 78.3. The molecule has 106 heavy (non-hydrogen) atoms. The van der Waals surface area contributed by atoms with Crippen molar-refractivity contribution in [1.82, 2.24) is 58.2 Å². The van der Waals surface area contributed by atoms with E-state index in [0.717, 1.165) is 57.8 Å². The van der Waals surface area contributed by atoms with Crippen molar-refractivity contribution in [3.8, 4) is 0 Å². The van der Waals surface area contributed by atoms with E-state index in [2.05, 4.69) is 72.9 Å². The van der Waals surface area contributed by atoms with Gasteiger partial charge in [-0.15, -0.1) is 0 Å². The van der Waals surface area contributed by atoms with Crippen molar-refractivity contribution in [2.24, 2.45) is 14.7 Å². The molecule has 3 fully saturated rings. The quantitative estimate of drug-likeness (QED) is 0.00845. The minimum absolute atomic E-state index is 0.0177. The van der Waals surface area contributed by atoms with E-state index in [1.807, 2.05) is 0 Å². The SMILES string of the molecule is CB(O)N=C(NB(C)O)N[C@H]1C=C(C)O[C@@H]([C@H](O)[C@H]2COC(=O)O2)[C@@H]1NC(C)=O.CB(O)N=C(NB(C)O)N[C@H]1C=C(C)O[C@@H]([C@H](OC(=O)NCCCCCCCCCCCCCNC(=O)O[C@@H]([C@@H]2OC(C)=C[C@H](NC(=NB(C)O)NB(C)O)[C@H]2NC(C)=O)[C@H]2COC(=O)O2)[C@H]2COC(=O)O2)[C@@H]1NC(C)=O. The van der Waals surface area contributed by atoms with E-state index < -0.39 is 176 Å². The molecular weight excluding hydrogens is 1400 g/mol. The molecular formula is C60H104B6N14O26. The van der Waals surface area contributed by atoms with Gasteiger partial charge in [-0.2, -0.15) is 0 Å². The summed E-state index contributed by atoms with van der Waals surface area (Å²) in [6.45, 7) is 17.5. The highest BCUT2D eigenvalue weighted by Gasteiger charge is 2.52. The highest BCUT2D eigenvalue weighted by molar-refractivity contribution is 6.54. The number of unbranched alkanes of at least 4 members (excludes halogenated alkanes) is 10. The molecule has 46 heteroatoms. The lowest BCUT2D eigenvalue weighted by atomic mass is 9.87. The average Bonchev–Trinajstić information content (AvgIpc) is 1.21. The minimum atomic E-state index is -1.30. The van der Waals surface area contributed by atoms with E-state index in [1.165, 1.54) is 61.7 Å². The van der Waals surface area contributed by atoms with Gasteiger partial charge in [-0.05, 0) is 92.8 Å². The smallest absolute Gasteiger partial charge is 0.490 e. The standard InChI is InChI=1S/C45H78B4N10O18.C15H26B2N4O8/c1-26-22-30(54-40(56-46(5)66)57-47(6)67)34(52-28(3)60)38(72-26)36(32-24-70-44(64)74-32)76-42(62)50-20-18-16-14-12-10-9-11-13-15-17-19-21-51-43(63)77-37(33-25-71-45(65)75-33)39-35(53-29(4)61)31(23-27(2)73-39)55-41(58-48(7)68)59-49(8)69;1-7-5-9(19-14(20-16(3)25)21-17(4)26)11(18-8(2)22)13(28-7)12(23)10-6-27-15(24)29-10/h22-23,30-39,66-69H,9-21,24-25H2,1-8H3,(H,50,62)(H,51,63)(H,52,60)(H,53,61)(H2,54,56,57)(H2,55,58,59);5,9-13,23,25-26H,6H2,1-4H3,(H,18,22)(H2,19,20,21)/t30-,31-,32+,33+,34+,35+,36+,37+,38+,39+;9-,10+,11+,12+,13+/m00/s1. The monoisotopic (exact) mass is 1500 g/mol. The van der Waals surface area contributed by atoms with Gasteiger partial charge in [0.1, 0.15) is 25.9 Å². The summed E-state index contributed by atoms with van der Waals surface area (Å²) in [6, 6.07) is -4.86. The Labute approximate surface area is 617 Å². The van der Waals surface area contributed by atoms with Gasteiger partial charge in [0, 0.05) is 33.9 Å². The van der Waals surface area contributed by atoms with Gasteiger partial charge in [-0.3, -0.25) is 29.1 Å². The summed E-state index contributed by atoms with van der Waals surface area (Å²) < 4.78 is 60.1. The Balaban J connectivity index is 0.000000577. The van der Waals surface area contributed by atoms with Crippen LogP contribution in [0.1, 0.15) is 112 Å². The van der Waals surface area contributed by atoms with Crippen molar-refractivity contribution in [1.29, 1.82) is 0 Å². The van der Waals surface area contributed by atoms with Crippen LogP contribution in [0, 0.1) is 0 Å². The van der Waals surface area contributed by atoms with E-state index in [9.17, 15) is 73.6 Å². The summed E-state index contributed by atoms with van der Waals surface area (Å²) in [4.78, 5) is 111. The maximum Gasteiger partial charge on any atom is 0.508 e. The zero-order valence-electron chi connectivity index (χ0n) is 61.9. The fourth-order valence-corrected chi connectivity index (χ4v) is 12.1. The van der Waals surface area contributed by atoms with Crippen LogP contribution in [0.2, 0.25) is 40.9 Å². The molecule has 6 rings (SSSR count). The molecule has 0 aromatic rings. The predicted molar refractivity (Wildman–Crippen MR) is 386 cm³/mol. The zero-order valence-corrected chi connectivity index (χ0v) is 61.9. The number of ether oxygens (including phenoxy) is 11. The van der Waals surface area contributed by atoms with Crippen LogP contribution in [-0.2, 0) is 66.5 Å². The maximum atomic E-state index is 13.2. The predicted octanol–water partition coefficient (Wildman–Crippen LogP) is -1.78. The van der Waals surface area contributed by atoms with Gasteiger partial charge in [0.15, 0.2) is 66.7 Å². The highest BCUT2D eigenvalue weighted by atomic mass is 16.8. The molecule has 15 atom stereocenters. The largest absolute Gasteiger partial charge is 0.508 e. The number of allylic oxidation sites excluding steroid dienone is 3. The summed E-state index contributed by atoms with van der Waals surface area (Å²) in [7, 11) is -6.45. The summed E-state index contributed by atoms with van der Waals surface area (Å²) in [6.07, 6.45) is 0.702. The summed E-state index contributed by atoms with van der Waals surface area (Å²) >= 11 is 0. The van der Waals surface area contributed by atoms with E-state index >= 15 is 0 Å². The molecule has 0 bridgehead atoms. The average molecular weight is 1500 g/mol. The third-order valence-electron chi connectivity index (χ3n) is 16.3. The van der Waals surface area contributed by atoms with Crippen LogP contribution < -0.4 is 58.2 Å². The topological polar surface area (TPSA) is 549 Å². The van der Waals surface area contributed by atoms with E-state index in [-0.39, 0.29) is 43.6 Å². The number of rotatable bonds is 34. The number of guanidine groups is 3. The van der Waals surface area contributed by atoms with Gasteiger partial charge in [0.25, 0.3) is 0 Å². The lowest BCUT2D eigenvalue weighted by Crippen LogP contribution is -2.65. The Morgan fingerprint density at radius 2 is 0.708 bits per heavy atom. The number of alkyl carbamates (subject to hydrolysis) is 2. The number of aliphatic hydroxyl groups excluding tert-OH is 1. The van der Waals surface area contributed by atoms with Crippen LogP contribution in [0.5, 0.6) is 0 Å². The Morgan fingerprint density at radius 1 is 0.434 bits per heavy atom. The Bertz CT molecular complexity index is 2950. The first-order valence-electron chi connectivity index (χ1n) is 35.5. The van der Waals surface area contributed by atoms with Crippen molar-refractivity contribution in [2.45, 2.75) is 244 Å². The second-order valence-corrected chi connectivity index (χ2v) is 26.2. The van der Waals surface area contributed by atoms with Gasteiger partial charge in [0.2, 0.25) is 17.7 Å². The first kappa shape index (κ1) is 87.9. The minimum Gasteiger partial charge on any atom is -0.490 e. The second-order valence-electron chi connectivity index (χ2n) is 26.2. The van der Waals surface area contributed by atoms with Crippen molar-refractivity contribution >= 4 is 109 Å². The molecule has 6 heterocycles. The molecule has 0 aliphatic carbocycles. The Morgan fingerprint density at radius 3 is 0.972 bits per heavy atom. The first-order valence-corrected chi connectivity index (χ1v) is 35.5. The van der Waals surface area contributed by atoms with Crippen molar-refractivity contribution in [2.75, 3.05) is 32.9 Å². The fourth-order valence-electron chi connectivity index (χ4n) is 12.1. The lowest BCUT2D eigenvalue weighted by molar-refractivity contribution is -0.125. The molecule has 3 saturated heterocycles. The number of carbonyl (C=O) groups excluding carboxylic acids is 8. The number of hydrogen-bond donors (Lipinski definition) is 18. The molecule has 40 nitrogen and oxygen atoms in total. The Kier molecular flexibility index (Phi) is 36.9. The van der Waals surface area contributed by atoms with Crippen molar-refractivity contribution in [3.05, 3.63) is 35.5 Å². The van der Waals surface area contributed by atoms with Crippen LogP contribution in [0.25, 0.3) is 0 Å². The molecule has 0 unspecified atom stereocenters. The van der Waals surface area contributed by atoms with Crippen LogP contribution in [0.15, 0.2) is 50.2 Å². The summed E-state index contributed by atoms with van der Waals surface area (Å²) in [5, 5.41) is 101. The molecule has 0 saturated carbocycles. The van der Waals surface area contributed by atoms with Gasteiger partial charge in [0.05, 0.1) is 53.5 Å². The summed E-state index contributed by atoms with van der Waals surface area (Å²) in [5.74, 6) is 0.0364. The molecule has 6 aliphatic rings. The van der Waals surface area contributed by atoms with Gasteiger partial charge >= 0.3 is 73.0 Å². The summed E-state index contributed by atoms with van der Waals surface area (Å²) in [5.41, 5.74) is 0. The van der Waals surface area contributed by atoms with Gasteiger partial charge in [-0.1, -0.05) is 57.8 Å². The Hall–Kier alpha value is -8.70. The number of carbonyl (C=O) groups is 8. The first-order chi connectivity index (χ1) is 50.1. The number of amides is 5. The van der Waals surface area contributed by atoms with E-state index in [1.54, 1.807) is 39.0 Å². The van der Waals surface area contributed by atoms with Crippen LogP contribution in [-0.4, -0.2) is 268 Å². The lowest BCUT2D eigenvalue weighted by Gasteiger charge is -2.41. The van der Waals surface area contributed by atoms with Crippen LogP contribution >= 0.6 is 0 Å². The third-order valence-corrected chi connectivity index (χ3v) is 16.3. The number of aliphatic hydroxyl groups is 1. The fraction of sp³-hybridized carbons (Fsp3) is 0.717. The molecule has 18 N–H and O–H groups in total. The molecule has 588 valence electrons. The van der Waals surface area contributed by atoms with E-state index in [0.29, 0.717) is 43.2 Å². The number of hydrogen-bond acceptors (Lipinski definition) is 29. The normalized spacial score (nSPS) is 24.8. The molecule has 0 radical (unpaired) electrons. The molecule has 5 amide bonds. The number of nitrogens with zero attached hydrogens (tertiary/aromatic N) is 3. The molecule has 0 aromatic carbocycles. The molecule has 0 spiro atoms. The molecule has 0 aromatic heterocycles.